The van der Waals surface area contributed by atoms with Crippen LogP contribution in [0.2, 0.25) is 0 Å². The lowest BCUT2D eigenvalue weighted by atomic mass is 10.2. The minimum absolute atomic E-state index is 0.0856. The van der Waals surface area contributed by atoms with Crippen LogP contribution in [0.5, 0.6) is 0 Å². The molecule has 0 aliphatic carbocycles. The van der Waals surface area contributed by atoms with Crippen LogP contribution in [0.25, 0.3) is 10.2 Å². The van der Waals surface area contributed by atoms with Crippen LogP contribution in [0, 0.1) is 0 Å². The largest absolute Gasteiger partial charge is 0.344 e. The normalized spacial score (nSPS) is 19.4. The van der Waals surface area contributed by atoms with Crippen molar-refractivity contribution >= 4 is 33.4 Å². The minimum Gasteiger partial charge on any atom is -0.344 e. The van der Waals surface area contributed by atoms with E-state index in [-0.39, 0.29) is 11.8 Å². The van der Waals surface area contributed by atoms with E-state index in [4.69, 9.17) is 0 Å². The van der Waals surface area contributed by atoms with Crippen molar-refractivity contribution in [2.24, 2.45) is 12.1 Å². The van der Waals surface area contributed by atoms with Gasteiger partial charge >= 0.3 is 0 Å². The van der Waals surface area contributed by atoms with Crippen molar-refractivity contribution in [2.75, 3.05) is 0 Å². The van der Waals surface area contributed by atoms with Crippen LogP contribution in [0.1, 0.15) is 12.8 Å². The first-order chi connectivity index (χ1) is 9.65. The molecule has 0 unspecified atom stereocenters. The van der Waals surface area contributed by atoms with E-state index in [0.717, 1.165) is 10.2 Å². The van der Waals surface area contributed by atoms with Crippen molar-refractivity contribution in [3.63, 3.8) is 0 Å². The number of aryl methyl sites for hydroxylation is 1. The molecule has 2 aromatic rings. The number of carbonyl (C=O) groups excluding carboxylic acids is 2. The van der Waals surface area contributed by atoms with Crippen molar-refractivity contribution in [1.29, 1.82) is 0 Å². The van der Waals surface area contributed by atoms with E-state index in [1.54, 1.807) is 0 Å². The first-order valence-electron chi connectivity index (χ1n) is 6.32. The predicted octanol–water partition coefficient (Wildman–Crippen LogP) is 0.450. The highest BCUT2D eigenvalue weighted by atomic mass is 32.1. The Balaban J connectivity index is 1.82. The molecule has 1 aliphatic heterocycles. The fourth-order valence-electron chi connectivity index (χ4n) is 2.18. The van der Waals surface area contributed by atoms with Gasteiger partial charge in [-0.1, -0.05) is 23.5 Å². The summed E-state index contributed by atoms with van der Waals surface area (Å²) < 4.78 is 3.03. The van der Waals surface area contributed by atoms with Gasteiger partial charge in [-0.25, -0.2) is 5.43 Å². The summed E-state index contributed by atoms with van der Waals surface area (Å²) in [5, 5.41) is 6.76. The van der Waals surface area contributed by atoms with Crippen LogP contribution in [0.3, 0.4) is 0 Å². The van der Waals surface area contributed by atoms with Crippen molar-refractivity contribution in [2.45, 2.75) is 18.9 Å². The molecule has 7 heteroatoms. The summed E-state index contributed by atoms with van der Waals surface area (Å²) in [6.45, 7) is 0. The number of hydrogen-bond acceptors (Lipinski definition) is 4. The highest BCUT2D eigenvalue weighted by Gasteiger charge is 2.26. The third kappa shape index (κ3) is 2.32. The number of amides is 2. The number of hydrogen-bond donors (Lipinski definition) is 2. The molecule has 1 fully saturated rings. The van der Waals surface area contributed by atoms with E-state index in [2.05, 4.69) is 15.8 Å². The quantitative estimate of drug-likeness (QED) is 0.788. The van der Waals surface area contributed by atoms with Crippen LogP contribution in [0.15, 0.2) is 29.4 Å². The van der Waals surface area contributed by atoms with Gasteiger partial charge < -0.3 is 9.88 Å². The maximum atomic E-state index is 11.9. The molecule has 0 radical (unpaired) electrons. The van der Waals surface area contributed by atoms with Gasteiger partial charge in [0.1, 0.15) is 6.04 Å². The molecule has 20 heavy (non-hydrogen) atoms. The molecule has 2 amide bonds. The molecule has 0 spiro atoms. The smallest absolute Gasteiger partial charge is 0.262 e. The molecule has 6 nitrogen and oxygen atoms in total. The Hall–Kier alpha value is -2.15. The topological polar surface area (TPSA) is 75.5 Å². The Morgan fingerprint density at radius 2 is 2.30 bits per heavy atom. The number of fused-ring (bicyclic) bond motifs is 1. The van der Waals surface area contributed by atoms with E-state index in [1.165, 1.54) is 11.3 Å². The minimum atomic E-state index is -0.467. The highest BCUT2D eigenvalue weighted by molar-refractivity contribution is 7.16. The summed E-state index contributed by atoms with van der Waals surface area (Å²) in [6.07, 6.45) is 0.924. The van der Waals surface area contributed by atoms with E-state index in [1.807, 2.05) is 35.9 Å². The number of rotatable bonds is 2. The fraction of sp³-hybridized carbons (Fsp3) is 0.308. The summed E-state index contributed by atoms with van der Waals surface area (Å²) in [7, 11) is 1.90. The lowest BCUT2D eigenvalue weighted by Crippen LogP contribution is -2.40. The van der Waals surface area contributed by atoms with Gasteiger partial charge in [0.15, 0.2) is 0 Å². The molecular weight excluding hydrogens is 276 g/mol. The molecule has 1 aromatic carbocycles. The molecule has 0 bridgehead atoms. The Morgan fingerprint density at radius 3 is 3.00 bits per heavy atom. The van der Waals surface area contributed by atoms with E-state index >= 15 is 0 Å². The molecule has 3 rings (SSSR count). The zero-order valence-electron chi connectivity index (χ0n) is 10.9. The van der Waals surface area contributed by atoms with Gasteiger partial charge in [-0.3, -0.25) is 9.59 Å². The molecule has 1 saturated heterocycles. The SMILES string of the molecule is Cn1c(=NNC(=O)[C@H]2CCC(=O)N2)sc2ccccc21. The second-order valence-electron chi connectivity index (χ2n) is 4.66. The number of aromatic nitrogens is 1. The molecular formula is C13H14N4O2S. The molecule has 104 valence electrons. The van der Waals surface area contributed by atoms with E-state index in [0.29, 0.717) is 17.6 Å². The monoisotopic (exact) mass is 290 g/mol. The number of nitrogens with zero attached hydrogens (tertiary/aromatic N) is 2. The first-order valence-corrected chi connectivity index (χ1v) is 7.14. The van der Waals surface area contributed by atoms with Crippen LogP contribution < -0.4 is 15.5 Å². The van der Waals surface area contributed by atoms with Gasteiger partial charge in [0.2, 0.25) is 10.7 Å². The standard InChI is InChI=1S/C13H14N4O2S/c1-17-9-4-2-3-5-10(9)20-13(17)16-15-12(19)8-6-7-11(18)14-8/h2-5,8H,6-7H2,1H3,(H,14,18)(H,15,19)/t8-/m1/s1. The Morgan fingerprint density at radius 1 is 1.50 bits per heavy atom. The first kappa shape index (κ1) is 12.9. The fourth-order valence-corrected chi connectivity index (χ4v) is 3.16. The summed E-state index contributed by atoms with van der Waals surface area (Å²) >= 11 is 1.50. The second-order valence-corrected chi connectivity index (χ2v) is 5.67. The molecule has 2 N–H and O–H groups in total. The molecule has 1 atom stereocenters. The van der Waals surface area contributed by atoms with Gasteiger partial charge in [-0.05, 0) is 18.6 Å². The van der Waals surface area contributed by atoms with Crippen LogP contribution in [-0.4, -0.2) is 22.4 Å². The maximum Gasteiger partial charge on any atom is 0.262 e. The third-order valence-corrected chi connectivity index (χ3v) is 4.40. The van der Waals surface area contributed by atoms with Crippen molar-refractivity contribution < 1.29 is 9.59 Å². The summed E-state index contributed by atoms with van der Waals surface area (Å²) in [6, 6.07) is 7.48. The van der Waals surface area contributed by atoms with Crippen molar-refractivity contribution in [3.05, 3.63) is 29.1 Å². The van der Waals surface area contributed by atoms with Crippen LogP contribution >= 0.6 is 11.3 Å². The maximum absolute atomic E-state index is 11.9. The second kappa shape index (κ2) is 5.09. The van der Waals surface area contributed by atoms with Crippen LogP contribution in [0.4, 0.5) is 0 Å². The average Bonchev–Trinajstić information content (AvgIpc) is 3.01. The van der Waals surface area contributed by atoms with E-state index in [9.17, 15) is 9.59 Å². The van der Waals surface area contributed by atoms with Crippen molar-refractivity contribution in [1.82, 2.24) is 15.3 Å². The van der Waals surface area contributed by atoms with Crippen LogP contribution in [-0.2, 0) is 16.6 Å². The number of thiazole rings is 1. The Labute approximate surface area is 119 Å². The highest BCUT2D eigenvalue weighted by Crippen LogP contribution is 2.14. The number of para-hydroxylation sites is 1. The number of benzene rings is 1. The summed E-state index contributed by atoms with van der Waals surface area (Å²) in [5.74, 6) is -0.356. The number of nitrogens with one attached hydrogen (secondary N) is 2. The zero-order chi connectivity index (χ0) is 14.1. The van der Waals surface area contributed by atoms with Gasteiger partial charge in [-0.15, -0.1) is 5.10 Å². The molecule has 1 aliphatic rings. The van der Waals surface area contributed by atoms with E-state index < -0.39 is 6.04 Å². The molecule has 0 saturated carbocycles. The zero-order valence-corrected chi connectivity index (χ0v) is 11.7. The van der Waals surface area contributed by atoms with Crippen molar-refractivity contribution in [3.8, 4) is 0 Å². The van der Waals surface area contributed by atoms with Gasteiger partial charge in [0.05, 0.1) is 10.2 Å². The summed E-state index contributed by atoms with van der Waals surface area (Å²) in [4.78, 5) is 23.7. The summed E-state index contributed by atoms with van der Waals surface area (Å²) in [5.41, 5.74) is 3.59. The van der Waals surface area contributed by atoms with Gasteiger partial charge in [-0.2, -0.15) is 0 Å². The molecule has 1 aromatic heterocycles. The third-order valence-electron chi connectivity index (χ3n) is 3.29. The number of carbonyl (C=O) groups is 2. The lowest BCUT2D eigenvalue weighted by Gasteiger charge is -2.06. The predicted molar refractivity (Wildman–Crippen MR) is 75.7 cm³/mol. The van der Waals surface area contributed by atoms with Gasteiger partial charge in [0, 0.05) is 13.5 Å². The molecule has 2 heterocycles. The Bertz CT molecular complexity index is 746. The average molecular weight is 290 g/mol. The Kier molecular flexibility index (Phi) is 3.27. The lowest BCUT2D eigenvalue weighted by molar-refractivity contribution is -0.125. The van der Waals surface area contributed by atoms with Gasteiger partial charge in [0.25, 0.3) is 5.91 Å².